The molecule has 1 unspecified atom stereocenters. The fourth-order valence-corrected chi connectivity index (χ4v) is 9.29. The minimum Gasteiger partial charge on any atom is -0.490 e. The van der Waals surface area contributed by atoms with Crippen molar-refractivity contribution in [3.05, 3.63) is 75.4 Å². The van der Waals surface area contributed by atoms with Crippen LogP contribution >= 0.6 is 11.6 Å². The van der Waals surface area contributed by atoms with Gasteiger partial charge >= 0.3 is 0 Å². The van der Waals surface area contributed by atoms with Gasteiger partial charge in [-0.2, -0.15) is 5.26 Å². The molecule has 5 amide bonds. The van der Waals surface area contributed by atoms with Crippen molar-refractivity contribution in [3.8, 4) is 11.8 Å². The molecule has 0 spiro atoms. The lowest BCUT2D eigenvalue weighted by atomic mass is 9.89. The number of carbonyl (C=O) groups is 5. The van der Waals surface area contributed by atoms with Crippen molar-refractivity contribution in [2.24, 2.45) is 11.7 Å². The number of nitrogens with zero attached hydrogens (tertiary/aromatic N) is 8. The fraction of sp³-hybridized carbons (Fsp3) is 0.463. The van der Waals surface area contributed by atoms with Gasteiger partial charge in [0.25, 0.3) is 23.6 Å². The van der Waals surface area contributed by atoms with Gasteiger partial charge in [0.05, 0.1) is 27.8 Å². The Labute approximate surface area is 343 Å². The van der Waals surface area contributed by atoms with Gasteiger partial charge in [-0.05, 0) is 81.2 Å². The zero-order valence-corrected chi connectivity index (χ0v) is 32.9. The zero-order valence-electron chi connectivity index (χ0n) is 32.1. The first-order valence-electron chi connectivity index (χ1n) is 19.9. The van der Waals surface area contributed by atoms with Crippen LogP contribution in [0.15, 0.2) is 36.4 Å². The van der Waals surface area contributed by atoms with E-state index in [1.165, 1.54) is 0 Å². The molecule has 8 rings (SSSR count). The van der Waals surface area contributed by atoms with E-state index in [2.05, 4.69) is 20.0 Å². The van der Waals surface area contributed by atoms with Crippen LogP contribution in [0.2, 0.25) is 5.02 Å². The molecule has 5 aliphatic rings. The molecule has 4 fully saturated rings. The number of fused-ring (bicyclic) bond motifs is 1. The number of halogens is 3. The Kier molecular flexibility index (Phi) is 11.2. The number of carbonyl (C=O) groups excluding carboxylic acids is 5. The summed E-state index contributed by atoms with van der Waals surface area (Å²) in [5.74, 6) is -4.27. The molecule has 59 heavy (non-hydrogen) atoms. The van der Waals surface area contributed by atoms with Crippen LogP contribution in [0.5, 0.6) is 5.75 Å². The summed E-state index contributed by atoms with van der Waals surface area (Å²) in [5.41, 5.74) is 4.32. The van der Waals surface area contributed by atoms with E-state index in [9.17, 15) is 24.0 Å². The lowest BCUT2D eigenvalue weighted by Crippen LogP contribution is -2.59. The SMILES string of the molecule is N#Cc1ccc(OC2CCC(N3C(=O)CCC(N4C(=O)c5cc(F)c(N6CCN(CC7CCN(c8ccc(C(N)=O)nn8)CC7)CC6)c(F)c5C4=O)C3=O)CC2)cc1Cl. The van der Waals surface area contributed by atoms with Crippen molar-refractivity contribution in [1.29, 1.82) is 5.26 Å². The Hall–Kier alpha value is -5.73. The van der Waals surface area contributed by atoms with Crippen LogP contribution in [0, 0.1) is 28.9 Å². The lowest BCUT2D eigenvalue weighted by Gasteiger charge is -2.41. The highest BCUT2D eigenvalue weighted by Gasteiger charge is 2.50. The number of nitrogens with two attached hydrogens (primary N) is 1. The number of likely N-dealkylation sites (tertiary alicyclic amines) is 1. The number of aromatic nitrogens is 2. The molecule has 2 aromatic carbocycles. The number of hydrogen-bond donors (Lipinski definition) is 1. The largest absolute Gasteiger partial charge is 0.490 e. The van der Waals surface area contributed by atoms with Crippen LogP contribution < -0.4 is 20.3 Å². The summed E-state index contributed by atoms with van der Waals surface area (Å²) in [6.45, 7) is 4.00. The second-order valence-electron chi connectivity index (χ2n) is 15.7. The van der Waals surface area contributed by atoms with E-state index in [1.54, 1.807) is 35.2 Å². The van der Waals surface area contributed by atoms with Gasteiger partial charge in [0, 0.05) is 64.3 Å². The summed E-state index contributed by atoms with van der Waals surface area (Å²) in [6.07, 6.45) is 3.21. The average Bonchev–Trinajstić information content (AvgIpc) is 3.47. The number of piperazine rings is 1. The van der Waals surface area contributed by atoms with Gasteiger partial charge in [-0.15, -0.1) is 10.2 Å². The minimum absolute atomic E-state index is 0.101. The van der Waals surface area contributed by atoms with E-state index >= 15 is 8.78 Å². The number of benzene rings is 2. The summed E-state index contributed by atoms with van der Waals surface area (Å²) in [4.78, 5) is 73.8. The molecular weight excluding hydrogens is 788 g/mol. The van der Waals surface area contributed by atoms with Crippen molar-refractivity contribution >= 4 is 52.6 Å². The van der Waals surface area contributed by atoms with Crippen LogP contribution in [0.25, 0.3) is 0 Å². The smallest absolute Gasteiger partial charge is 0.269 e. The fourth-order valence-electron chi connectivity index (χ4n) is 9.08. The molecule has 1 saturated carbocycles. The van der Waals surface area contributed by atoms with E-state index in [0.29, 0.717) is 79.8 Å². The highest BCUT2D eigenvalue weighted by Crippen LogP contribution is 2.38. The molecule has 3 saturated heterocycles. The number of primary amides is 1. The Morgan fingerprint density at radius 2 is 1.59 bits per heavy atom. The normalized spacial score (nSPS) is 23.1. The van der Waals surface area contributed by atoms with Gasteiger partial charge in [0.2, 0.25) is 5.91 Å². The first-order chi connectivity index (χ1) is 28.4. The number of amides is 5. The number of anilines is 2. The number of hydrogen-bond acceptors (Lipinski definition) is 12. The Balaban J connectivity index is 0.873. The van der Waals surface area contributed by atoms with Gasteiger partial charge in [-0.25, -0.2) is 8.78 Å². The second-order valence-corrected chi connectivity index (χ2v) is 16.1. The van der Waals surface area contributed by atoms with Crippen LogP contribution in [0.4, 0.5) is 20.3 Å². The van der Waals surface area contributed by atoms with E-state index in [1.807, 2.05) is 6.07 Å². The molecule has 0 bridgehead atoms. The van der Waals surface area contributed by atoms with Crippen molar-refractivity contribution in [2.75, 3.05) is 55.6 Å². The molecule has 5 heterocycles. The molecule has 1 aromatic heterocycles. The third-order valence-electron chi connectivity index (χ3n) is 12.2. The summed E-state index contributed by atoms with van der Waals surface area (Å²) >= 11 is 6.15. The number of imide groups is 2. The van der Waals surface area contributed by atoms with E-state index in [4.69, 9.17) is 27.3 Å². The summed E-state index contributed by atoms with van der Waals surface area (Å²) < 4.78 is 38.2. The highest BCUT2D eigenvalue weighted by molar-refractivity contribution is 6.31. The minimum atomic E-state index is -1.34. The maximum Gasteiger partial charge on any atom is 0.269 e. The first-order valence-corrected chi connectivity index (χ1v) is 20.3. The molecule has 3 aromatic rings. The van der Waals surface area contributed by atoms with Crippen molar-refractivity contribution in [1.82, 2.24) is 24.9 Å². The van der Waals surface area contributed by atoms with Crippen molar-refractivity contribution < 1.29 is 37.5 Å². The Morgan fingerprint density at radius 1 is 0.864 bits per heavy atom. The van der Waals surface area contributed by atoms with Gasteiger partial charge in [-0.1, -0.05) is 11.6 Å². The molecule has 1 aliphatic carbocycles. The second kappa shape index (κ2) is 16.5. The molecule has 15 nitrogen and oxygen atoms in total. The molecule has 0 radical (unpaired) electrons. The van der Waals surface area contributed by atoms with E-state index < -0.39 is 64.4 Å². The van der Waals surface area contributed by atoms with E-state index in [-0.39, 0.29) is 35.3 Å². The van der Waals surface area contributed by atoms with Crippen molar-refractivity contribution in [2.45, 2.75) is 69.6 Å². The quantitative estimate of drug-likeness (QED) is 0.307. The predicted molar refractivity (Wildman–Crippen MR) is 209 cm³/mol. The molecule has 1 atom stereocenters. The van der Waals surface area contributed by atoms with Gasteiger partial charge < -0.3 is 20.3 Å². The Morgan fingerprint density at radius 3 is 2.24 bits per heavy atom. The first kappa shape index (κ1) is 40.1. The molecule has 308 valence electrons. The summed E-state index contributed by atoms with van der Waals surface area (Å²) in [6, 6.07) is 9.14. The number of ether oxygens (including phenoxy) is 1. The molecule has 18 heteroatoms. The molecule has 2 N–H and O–H groups in total. The number of rotatable bonds is 9. The summed E-state index contributed by atoms with van der Waals surface area (Å²) in [5, 5.41) is 17.4. The standard InChI is InChI=1S/C41H42ClF2N9O6/c42-29-19-27(4-1-24(29)21-45)59-26-5-2-25(3-6-26)52-34(54)10-8-32(40(52)57)53-39(56)28-20-30(43)37(36(44)35(28)41(53)58)51-17-15-49(16-18-51)22-23-11-13-50(14-12-23)33-9-7-31(38(46)55)47-48-33/h1,4,7,9,19-20,23,25-26,32H,2-3,5-6,8,10-18,22H2,(H2,46,55). The lowest BCUT2D eigenvalue weighted by molar-refractivity contribution is -0.155. The maximum atomic E-state index is 16.4. The zero-order chi connectivity index (χ0) is 41.5. The third kappa shape index (κ3) is 7.78. The maximum absolute atomic E-state index is 16.4. The van der Waals surface area contributed by atoms with Crippen LogP contribution in [-0.2, 0) is 9.59 Å². The topological polar surface area (TPSA) is 186 Å². The molecule has 4 aliphatic heterocycles. The number of piperidine rings is 2. The number of nitriles is 1. The third-order valence-corrected chi connectivity index (χ3v) is 12.5. The summed E-state index contributed by atoms with van der Waals surface area (Å²) in [7, 11) is 0. The van der Waals surface area contributed by atoms with Crippen LogP contribution in [-0.4, -0.2) is 118 Å². The average molecular weight is 830 g/mol. The van der Waals surface area contributed by atoms with Gasteiger partial charge in [0.1, 0.15) is 29.4 Å². The molecular formula is C41H42ClF2N9O6. The van der Waals surface area contributed by atoms with Crippen LogP contribution in [0.1, 0.15) is 88.1 Å². The van der Waals surface area contributed by atoms with E-state index in [0.717, 1.165) is 43.4 Å². The predicted octanol–water partition coefficient (Wildman–Crippen LogP) is 3.92. The van der Waals surface area contributed by atoms with Gasteiger partial charge in [-0.3, -0.25) is 38.7 Å². The Bertz CT molecular complexity index is 2230. The van der Waals surface area contributed by atoms with Gasteiger partial charge in [0.15, 0.2) is 17.3 Å². The highest BCUT2D eigenvalue weighted by atomic mass is 35.5. The monoisotopic (exact) mass is 829 g/mol. The van der Waals surface area contributed by atoms with Crippen molar-refractivity contribution in [3.63, 3.8) is 0 Å². The van der Waals surface area contributed by atoms with Crippen LogP contribution in [0.3, 0.4) is 0 Å².